The van der Waals surface area contributed by atoms with Crippen LogP contribution in [0.25, 0.3) is 0 Å². The van der Waals surface area contributed by atoms with E-state index in [0.717, 1.165) is 55.7 Å². The second kappa shape index (κ2) is 11.9. The predicted octanol–water partition coefficient (Wildman–Crippen LogP) is 3.71. The summed E-state index contributed by atoms with van der Waals surface area (Å²) in [4.78, 5) is 15.0. The quantitative estimate of drug-likeness (QED) is 0.547. The number of hydrogen-bond acceptors (Lipinski definition) is 6. The number of aryl methyl sites for hydroxylation is 1. The lowest BCUT2D eigenvalue weighted by Crippen LogP contribution is -2.51. The molecular weight excluding hydrogens is 432 g/mol. The lowest BCUT2D eigenvalue weighted by molar-refractivity contribution is -0.123. The summed E-state index contributed by atoms with van der Waals surface area (Å²) in [5, 5.41) is 14.2. The summed E-state index contributed by atoms with van der Waals surface area (Å²) in [5.74, 6) is 1.49. The van der Waals surface area contributed by atoms with E-state index in [0.29, 0.717) is 18.1 Å². The molecule has 7 nitrogen and oxygen atoms in total. The molecule has 3 aliphatic rings. The van der Waals surface area contributed by atoms with Crippen LogP contribution in [-0.4, -0.2) is 54.3 Å². The number of benzene rings is 1. The molecule has 0 unspecified atom stereocenters. The number of para-hydroxylation sites is 1. The van der Waals surface area contributed by atoms with Gasteiger partial charge in [-0.1, -0.05) is 36.4 Å². The van der Waals surface area contributed by atoms with Crippen molar-refractivity contribution in [3.05, 3.63) is 77.7 Å². The van der Waals surface area contributed by atoms with Gasteiger partial charge in [-0.05, 0) is 62.9 Å². The molecule has 34 heavy (non-hydrogen) atoms. The van der Waals surface area contributed by atoms with Crippen molar-refractivity contribution in [1.29, 1.82) is 0 Å². The largest absolute Gasteiger partial charge is 0.493 e. The molecule has 0 saturated carbocycles. The van der Waals surface area contributed by atoms with Gasteiger partial charge < -0.3 is 29.5 Å². The Hall–Kier alpha value is -3.03. The highest BCUT2D eigenvalue weighted by Crippen LogP contribution is 2.28. The minimum atomic E-state index is -1.04. The van der Waals surface area contributed by atoms with Crippen molar-refractivity contribution in [3.63, 3.8) is 0 Å². The lowest BCUT2D eigenvalue weighted by Gasteiger charge is -2.30. The van der Waals surface area contributed by atoms with E-state index in [4.69, 9.17) is 14.2 Å². The van der Waals surface area contributed by atoms with Crippen LogP contribution in [0.15, 0.2) is 72.1 Å². The summed E-state index contributed by atoms with van der Waals surface area (Å²) in [6, 6.07) is 7.20. The number of nitrogens with one attached hydrogen (secondary N) is 1. The van der Waals surface area contributed by atoms with Crippen LogP contribution in [0.1, 0.15) is 37.7 Å². The van der Waals surface area contributed by atoms with E-state index in [2.05, 4.69) is 16.3 Å². The van der Waals surface area contributed by atoms with Gasteiger partial charge in [0.2, 0.25) is 5.91 Å². The molecule has 2 heterocycles. The van der Waals surface area contributed by atoms with Gasteiger partial charge in [-0.3, -0.25) is 4.79 Å². The second-order valence-electron chi connectivity index (χ2n) is 8.89. The van der Waals surface area contributed by atoms with Gasteiger partial charge in [0.25, 0.3) is 0 Å². The number of likely N-dealkylation sites (tertiary alicyclic amines) is 1. The summed E-state index contributed by atoms with van der Waals surface area (Å²) in [6.07, 6.45) is 12.2. The Kier molecular flexibility index (Phi) is 8.44. The van der Waals surface area contributed by atoms with Crippen molar-refractivity contribution in [2.75, 3.05) is 26.2 Å². The standard InChI is InChI=1S/C27H34N2O5/c1-20-9-5-6-12-23(20)33-16-13-26(30)28-22(17-29-14-7-8-15-29)27(31)25-19-32-18-24(34-25)21-10-3-2-4-11-21/h2-3,5-6,9-10,12,18-19,22,27,31H,4,7-8,11,13-17H2,1H3,(H,28,30)/t22-,27-/m1/s1. The fraction of sp³-hybridized carbons (Fsp3) is 0.444. The number of allylic oxidation sites excluding steroid dienone is 4. The van der Waals surface area contributed by atoms with Gasteiger partial charge in [0.15, 0.2) is 11.5 Å². The highest BCUT2D eigenvalue weighted by molar-refractivity contribution is 5.76. The minimum absolute atomic E-state index is 0.176. The first-order chi connectivity index (χ1) is 16.6. The van der Waals surface area contributed by atoms with Crippen LogP contribution in [0.3, 0.4) is 0 Å². The maximum atomic E-state index is 12.8. The van der Waals surface area contributed by atoms with Crippen LogP contribution in [0.4, 0.5) is 0 Å². The Balaban J connectivity index is 1.36. The molecule has 1 saturated heterocycles. The van der Waals surface area contributed by atoms with Crippen molar-refractivity contribution >= 4 is 5.91 Å². The minimum Gasteiger partial charge on any atom is -0.493 e. The zero-order chi connectivity index (χ0) is 23.8. The third kappa shape index (κ3) is 6.52. The normalized spacial score (nSPS) is 19.8. The second-order valence-corrected chi connectivity index (χ2v) is 8.89. The number of ether oxygens (including phenoxy) is 3. The number of amides is 1. The Morgan fingerprint density at radius 2 is 2.06 bits per heavy atom. The molecule has 2 atom stereocenters. The monoisotopic (exact) mass is 466 g/mol. The molecule has 7 heteroatoms. The lowest BCUT2D eigenvalue weighted by atomic mass is 10.0. The van der Waals surface area contributed by atoms with Crippen molar-refractivity contribution < 1.29 is 24.1 Å². The molecule has 4 rings (SSSR count). The third-order valence-electron chi connectivity index (χ3n) is 6.27. The molecule has 0 aromatic heterocycles. The molecule has 0 radical (unpaired) electrons. The summed E-state index contributed by atoms with van der Waals surface area (Å²) in [6.45, 7) is 4.68. The number of rotatable bonds is 10. The Bertz CT molecular complexity index is 975. The van der Waals surface area contributed by atoms with E-state index in [1.54, 1.807) is 6.26 Å². The van der Waals surface area contributed by atoms with Gasteiger partial charge >= 0.3 is 0 Å². The van der Waals surface area contributed by atoms with Crippen molar-refractivity contribution in [2.45, 2.75) is 51.2 Å². The number of nitrogens with zero attached hydrogens (tertiary/aromatic N) is 1. The number of carbonyl (C=O) groups is 1. The van der Waals surface area contributed by atoms with Gasteiger partial charge in [0, 0.05) is 6.54 Å². The van der Waals surface area contributed by atoms with E-state index >= 15 is 0 Å². The number of hydrogen-bond donors (Lipinski definition) is 2. The average Bonchev–Trinajstić information content (AvgIpc) is 3.38. The van der Waals surface area contributed by atoms with Crippen molar-refractivity contribution in [3.8, 4) is 5.75 Å². The molecule has 1 fully saturated rings. The van der Waals surface area contributed by atoms with Crippen LogP contribution >= 0.6 is 0 Å². The molecule has 0 bridgehead atoms. The zero-order valence-corrected chi connectivity index (χ0v) is 19.7. The molecule has 2 aliphatic heterocycles. The first-order valence-corrected chi connectivity index (χ1v) is 12.1. The fourth-order valence-corrected chi connectivity index (χ4v) is 4.33. The van der Waals surface area contributed by atoms with Gasteiger partial charge in [0.1, 0.15) is 24.4 Å². The van der Waals surface area contributed by atoms with Crippen molar-refractivity contribution in [1.82, 2.24) is 10.2 Å². The number of carbonyl (C=O) groups excluding carboxylic acids is 1. The van der Waals surface area contributed by atoms with Gasteiger partial charge in [-0.2, -0.15) is 0 Å². The van der Waals surface area contributed by atoms with Gasteiger partial charge in [-0.25, -0.2) is 0 Å². The fourth-order valence-electron chi connectivity index (χ4n) is 4.33. The van der Waals surface area contributed by atoms with E-state index in [1.165, 1.54) is 6.26 Å². The van der Waals surface area contributed by atoms with E-state index < -0.39 is 12.1 Å². The maximum absolute atomic E-state index is 12.8. The summed E-state index contributed by atoms with van der Waals surface area (Å²) < 4.78 is 17.3. The Labute approximate surface area is 201 Å². The zero-order valence-electron chi connectivity index (χ0n) is 19.7. The molecule has 1 aromatic rings. The molecule has 1 aliphatic carbocycles. The maximum Gasteiger partial charge on any atom is 0.223 e. The van der Waals surface area contributed by atoms with Crippen molar-refractivity contribution in [2.24, 2.45) is 0 Å². The molecule has 0 spiro atoms. The average molecular weight is 467 g/mol. The highest BCUT2D eigenvalue weighted by atomic mass is 16.6. The third-order valence-corrected chi connectivity index (χ3v) is 6.27. The van der Waals surface area contributed by atoms with E-state index in [1.807, 2.05) is 43.3 Å². The van der Waals surface area contributed by atoms with Crippen LogP contribution in [0.2, 0.25) is 0 Å². The smallest absolute Gasteiger partial charge is 0.223 e. The van der Waals surface area contributed by atoms with Gasteiger partial charge in [-0.15, -0.1) is 0 Å². The van der Waals surface area contributed by atoms with Gasteiger partial charge in [0.05, 0.1) is 19.1 Å². The summed E-state index contributed by atoms with van der Waals surface area (Å²) in [5.41, 5.74) is 2.05. The summed E-state index contributed by atoms with van der Waals surface area (Å²) >= 11 is 0. The molecule has 182 valence electrons. The van der Waals surface area contributed by atoms with E-state index in [-0.39, 0.29) is 18.9 Å². The Morgan fingerprint density at radius 3 is 2.82 bits per heavy atom. The molecule has 1 aromatic carbocycles. The summed E-state index contributed by atoms with van der Waals surface area (Å²) in [7, 11) is 0. The molecule has 2 N–H and O–H groups in total. The topological polar surface area (TPSA) is 80.3 Å². The SMILES string of the molecule is Cc1ccccc1OCCC(=O)N[C@H](CN1CCCC1)[C@@H](O)C1=COC=C(C2=CC=CCC2)O1. The van der Waals surface area contributed by atoms with Crippen LogP contribution < -0.4 is 10.1 Å². The Morgan fingerprint density at radius 1 is 1.24 bits per heavy atom. The predicted molar refractivity (Wildman–Crippen MR) is 130 cm³/mol. The highest BCUT2D eigenvalue weighted by Gasteiger charge is 2.31. The number of aliphatic hydroxyl groups is 1. The first-order valence-electron chi connectivity index (χ1n) is 12.1. The van der Waals surface area contributed by atoms with Crippen LogP contribution in [0.5, 0.6) is 5.75 Å². The van der Waals surface area contributed by atoms with Crippen LogP contribution in [-0.2, 0) is 14.3 Å². The molecular formula is C27H34N2O5. The molecule has 1 amide bonds. The number of aliphatic hydroxyl groups excluding tert-OH is 1. The van der Waals surface area contributed by atoms with E-state index in [9.17, 15) is 9.90 Å². The first kappa shape index (κ1) is 24.1. The van der Waals surface area contributed by atoms with Crippen LogP contribution in [0, 0.1) is 6.92 Å².